The summed E-state index contributed by atoms with van der Waals surface area (Å²) in [6, 6.07) is 10.3. The molecule has 0 atom stereocenters. The second-order valence-electron chi connectivity index (χ2n) is 4.81. The van der Waals surface area contributed by atoms with Crippen LogP contribution in [0.5, 0.6) is 0 Å². The van der Waals surface area contributed by atoms with Crippen LogP contribution in [0.3, 0.4) is 0 Å². The number of nitrogens with one attached hydrogen (secondary N) is 1. The van der Waals surface area contributed by atoms with Gasteiger partial charge in [-0.15, -0.1) is 0 Å². The van der Waals surface area contributed by atoms with E-state index in [1.807, 2.05) is 18.2 Å². The molecule has 5 heteroatoms. The van der Waals surface area contributed by atoms with E-state index in [4.69, 9.17) is 4.98 Å². The van der Waals surface area contributed by atoms with Crippen molar-refractivity contribution in [3.63, 3.8) is 0 Å². The Morgan fingerprint density at radius 2 is 2.15 bits per heavy atom. The molecule has 0 amide bonds. The van der Waals surface area contributed by atoms with E-state index in [1.54, 1.807) is 11.8 Å². The van der Waals surface area contributed by atoms with Crippen LogP contribution in [0.4, 0.5) is 5.82 Å². The van der Waals surface area contributed by atoms with Crippen molar-refractivity contribution in [2.45, 2.75) is 35.6 Å². The monoisotopic (exact) mass is 349 g/mol. The zero-order valence-electron chi connectivity index (χ0n) is 11.3. The van der Waals surface area contributed by atoms with E-state index in [0.717, 1.165) is 27.7 Å². The van der Waals surface area contributed by atoms with E-state index >= 15 is 0 Å². The van der Waals surface area contributed by atoms with Crippen molar-refractivity contribution in [1.29, 1.82) is 0 Å². The highest BCUT2D eigenvalue weighted by molar-refractivity contribution is 9.10. The predicted octanol–water partition coefficient (Wildman–Crippen LogP) is 4.70. The molecule has 3 rings (SSSR count). The molecule has 1 N–H and O–H groups in total. The van der Waals surface area contributed by atoms with Crippen LogP contribution in [0.1, 0.15) is 31.5 Å². The molecule has 104 valence electrons. The molecular weight excluding hydrogens is 334 g/mol. The Bertz CT molecular complexity index is 614. The maximum atomic E-state index is 4.70. The van der Waals surface area contributed by atoms with Crippen LogP contribution in [0.15, 0.2) is 44.7 Å². The summed E-state index contributed by atoms with van der Waals surface area (Å²) in [5, 5.41) is 4.30. The molecule has 0 aliphatic heterocycles. The molecule has 0 unspecified atom stereocenters. The molecule has 3 nitrogen and oxygen atoms in total. The number of nitrogens with zero attached hydrogens (tertiary/aromatic N) is 2. The van der Waals surface area contributed by atoms with Crippen molar-refractivity contribution in [2.24, 2.45) is 0 Å². The highest BCUT2D eigenvalue weighted by atomic mass is 79.9. The molecule has 1 aliphatic carbocycles. The number of aromatic nitrogens is 2. The molecule has 0 spiro atoms. The minimum Gasteiger partial charge on any atom is -0.370 e. The molecule has 1 aliphatic rings. The normalized spacial score (nSPS) is 14.3. The van der Waals surface area contributed by atoms with Gasteiger partial charge in [0.15, 0.2) is 0 Å². The van der Waals surface area contributed by atoms with Gasteiger partial charge in [0.2, 0.25) is 0 Å². The van der Waals surface area contributed by atoms with Crippen molar-refractivity contribution < 1.29 is 0 Å². The largest absolute Gasteiger partial charge is 0.370 e. The highest BCUT2D eigenvalue weighted by Gasteiger charge is 2.27. The average molecular weight is 350 g/mol. The first-order chi connectivity index (χ1) is 9.74. The van der Waals surface area contributed by atoms with Gasteiger partial charge in [0.1, 0.15) is 16.7 Å². The van der Waals surface area contributed by atoms with E-state index in [1.165, 1.54) is 17.7 Å². The smallest absolute Gasteiger partial charge is 0.135 e. The van der Waals surface area contributed by atoms with Gasteiger partial charge in [-0.1, -0.05) is 33.8 Å². The lowest BCUT2D eigenvalue weighted by Gasteiger charge is -2.08. The number of benzene rings is 1. The number of hydrogen-bond acceptors (Lipinski definition) is 4. The molecule has 0 bridgehead atoms. The maximum absolute atomic E-state index is 4.70. The van der Waals surface area contributed by atoms with Crippen LogP contribution in [0.25, 0.3) is 0 Å². The number of anilines is 1. The van der Waals surface area contributed by atoms with Gasteiger partial charge in [-0.3, -0.25) is 0 Å². The van der Waals surface area contributed by atoms with E-state index < -0.39 is 0 Å². The molecule has 1 aromatic carbocycles. The summed E-state index contributed by atoms with van der Waals surface area (Å²) >= 11 is 5.18. The minimum atomic E-state index is 0.565. The minimum absolute atomic E-state index is 0.565. The molecular formula is C15H16BrN3S. The van der Waals surface area contributed by atoms with Gasteiger partial charge in [0.25, 0.3) is 0 Å². The first kappa shape index (κ1) is 13.9. The van der Waals surface area contributed by atoms with E-state index in [9.17, 15) is 0 Å². The Kier molecular flexibility index (Phi) is 4.27. The van der Waals surface area contributed by atoms with Crippen molar-refractivity contribution in [3.05, 3.63) is 40.6 Å². The summed E-state index contributed by atoms with van der Waals surface area (Å²) in [6.45, 7) is 2.96. The summed E-state index contributed by atoms with van der Waals surface area (Å²) in [5.74, 6) is 2.48. The van der Waals surface area contributed by atoms with Gasteiger partial charge in [0.05, 0.1) is 0 Å². The molecule has 1 fully saturated rings. The lowest BCUT2D eigenvalue weighted by molar-refractivity contribution is 0.877. The van der Waals surface area contributed by atoms with Crippen LogP contribution >= 0.6 is 27.7 Å². The summed E-state index contributed by atoms with van der Waals surface area (Å²) in [4.78, 5) is 10.5. The van der Waals surface area contributed by atoms with Crippen LogP contribution in [-0.2, 0) is 0 Å². The lowest BCUT2D eigenvalue weighted by atomic mass is 10.4. The number of hydrogen-bond donors (Lipinski definition) is 1. The van der Waals surface area contributed by atoms with E-state index in [2.05, 4.69) is 45.3 Å². The summed E-state index contributed by atoms with van der Waals surface area (Å²) < 4.78 is 1.09. The first-order valence-corrected chi connectivity index (χ1v) is 8.42. The second kappa shape index (κ2) is 6.14. The first-order valence-electron chi connectivity index (χ1n) is 6.81. The molecule has 2 aromatic rings. The molecule has 0 saturated heterocycles. The standard InChI is InChI=1S/C15H16BrN3S/c1-2-17-13-9-14(19-15(18-13)10-6-7-10)20-12-5-3-4-11(16)8-12/h3-5,8-10H,2,6-7H2,1H3,(H,17,18,19). The molecule has 1 saturated carbocycles. The van der Waals surface area contributed by atoms with Crippen LogP contribution < -0.4 is 5.32 Å². The Hall–Kier alpha value is -1.07. The molecule has 1 aromatic heterocycles. The van der Waals surface area contributed by atoms with Gasteiger partial charge in [-0.2, -0.15) is 0 Å². The van der Waals surface area contributed by atoms with Gasteiger partial charge in [-0.05, 0) is 38.0 Å². The highest BCUT2D eigenvalue weighted by Crippen LogP contribution is 2.39. The van der Waals surface area contributed by atoms with E-state index in [0.29, 0.717) is 5.92 Å². The SMILES string of the molecule is CCNc1cc(Sc2cccc(Br)c2)nc(C2CC2)n1. The Morgan fingerprint density at radius 3 is 2.85 bits per heavy atom. The number of rotatable bonds is 5. The van der Waals surface area contributed by atoms with Gasteiger partial charge in [0, 0.05) is 27.9 Å². The fourth-order valence-corrected chi connectivity index (χ4v) is 3.38. The van der Waals surface area contributed by atoms with Gasteiger partial charge < -0.3 is 5.32 Å². The van der Waals surface area contributed by atoms with Crippen LogP contribution in [0, 0.1) is 0 Å². The van der Waals surface area contributed by atoms with E-state index in [-0.39, 0.29) is 0 Å². The molecule has 20 heavy (non-hydrogen) atoms. The number of halogens is 1. The fraction of sp³-hybridized carbons (Fsp3) is 0.333. The van der Waals surface area contributed by atoms with Gasteiger partial charge >= 0.3 is 0 Å². The zero-order chi connectivity index (χ0) is 13.9. The Labute approximate surface area is 131 Å². The van der Waals surface area contributed by atoms with Crippen molar-refractivity contribution in [1.82, 2.24) is 9.97 Å². The Balaban J connectivity index is 1.87. The maximum Gasteiger partial charge on any atom is 0.135 e. The van der Waals surface area contributed by atoms with Crippen molar-refractivity contribution >= 4 is 33.5 Å². The predicted molar refractivity (Wildman–Crippen MR) is 86.4 cm³/mol. The van der Waals surface area contributed by atoms with Crippen molar-refractivity contribution in [3.8, 4) is 0 Å². The summed E-state index contributed by atoms with van der Waals surface area (Å²) in [7, 11) is 0. The summed E-state index contributed by atoms with van der Waals surface area (Å²) in [6.07, 6.45) is 2.44. The zero-order valence-corrected chi connectivity index (χ0v) is 13.7. The molecule has 0 radical (unpaired) electrons. The quantitative estimate of drug-likeness (QED) is 0.794. The second-order valence-corrected chi connectivity index (χ2v) is 6.82. The summed E-state index contributed by atoms with van der Waals surface area (Å²) in [5.41, 5.74) is 0. The third kappa shape index (κ3) is 3.52. The third-order valence-electron chi connectivity index (χ3n) is 3.04. The Morgan fingerprint density at radius 1 is 1.30 bits per heavy atom. The molecule has 1 heterocycles. The van der Waals surface area contributed by atoms with Gasteiger partial charge in [-0.25, -0.2) is 9.97 Å². The van der Waals surface area contributed by atoms with Crippen molar-refractivity contribution in [2.75, 3.05) is 11.9 Å². The lowest BCUT2D eigenvalue weighted by Crippen LogP contribution is -2.03. The van der Waals surface area contributed by atoms with Crippen LogP contribution in [-0.4, -0.2) is 16.5 Å². The average Bonchev–Trinajstić information content (AvgIpc) is 3.23. The third-order valence-corrected chi connectivity index (χ3v) is 4.44. The van der Waals surface area contributed by atoms with Crippen LogP contribution in [0.2, 0.25) is 0 Å². The topological polar surface area (TPSA) is 37.8 Å². The fourth-order valence-electron chi connectivity index (χ4n) is 1.94.